The maximum absolute atomic E-state index is 12.6. The summed E-state index contributed by atoms with van der Waals surface area (Å²) in [6.07, 6.45) is 3.91. The highest BCUT2D eigenvalue weighted by atomic mass is 16.6. The van der Waals surface area contributed by atoms with Gasteiger partial charge in [-0.2, -0.15) is 0 Å². The number of nitrogens with one attached hydrogen (secondary N) is 1. The zero-order valence-electron chi connectivity index (χ0n) is 15.9. The molecule has 0 aliphatic carbocycles. The highest BCUT2D eigenvalue weighted by molar-refractivity contribution is 6.05. The fourth-order valence-corrected chi connectivity index (χ4v) is 3.07. The fraction of sp³-hybridized carbons (Fsp3) is 0.0909. The lowest BCUT2D eigenvalue weighted by Gasteiger charge is -2.10. The van der Waals surface area contributed by atoms with Crippen LogP contribution in [0.4, 0.5) is 11.4 Å². The van der Waals surface area contributed by atoms with E-state index in [-0.39, 0.29) is 11.6 Å². The van der Waals surface area contributed by atoms with Crippen LogP contribution in [0.15, 0.2) is 67.0 Å². The highest BCUT2D eigenvalue weighted by Crippen LogP contribution is 2.26. The van der Waals surface area contributed by atoms with Crippen LogP contribution in [0.1, 0.15) is 21.5 Å². The van der Waals surface area contributed by atoms with Gasteiger partial charge in [-0.1, -0.05) is 12.1 Å². The van der Waals surface area contributed by atoms with Gasteiger partial charge in [0.05, 0.1) is 10.6 Å². The monoisotopic (exact) mass is 386 g/mol. The first kappa shape index (κ1) is 18.4. The van der Waals surface area contributed by atoms with Crippen LogP contribution < -0.4 is 5.32 Å². The molecule has 0 saturated carbocycles. The molecule has 7 nitrogen and oxygen atoms in total. The molecule has 0 radical (unpaired) electrons. The molecule has 4 aromatic rings. The van der Waals surface area contributed by atoms with Crippen LogP contribution >= 0.6 is 0 Å². The molecule has 0 aliphatic rings. The van der Waals surface area contributed by atoms with Gasteiger partial charge in [0.25, 0.3) is 11.6 Å². The number of aromatic nitrogens is 2. The summed E-state index contributed by atoms with van der Waals surface area (Å²) >= 11 is 0. The largest absolute Gasteiger partial charge is 0.322 e. The normalized spacial score (nSPS) is 10.8. The van der Waals surface area contributed by atoms with E-state index in [0.29, 0.717) is 11.3 Å². The summed E-state index contributed by atoms with van der Waals surface area (Å²) in [7, 11) is 0. The Kier molecular flexibility index (Phi) is 4.56. The summed E-state index contributed by atoms with van der Waals surface area (Å²) < 4.78 is 1.96. The molecule has 0 bridgehead atoms. The van der Waals surface area contributed by atoms with Crippen LogP contribution in [-0.4, -0.2) is 20.2 Å². The van der Waals surface area contributed by atoms with Crippen molar-refractivity contribution in [3.8, 4) is 11.3 Å². The Labute approximate surface area is 166 Å². The van der Waals surface area contributed by atoms with Gasteiger partial charge in [-0.3, -0.25) is 14.9 Å². The summed E-state index contributed by atoms with van der Waals surface area (Å²) in [5, 5.41) is 13.7. The molecule has 29 heavy (non-hydrogen) atoms. The van der Waals surface area contributed by atoms with Crippen LogP contribution in [0.25, 0.3) is 16.9 Å². The average molecular weight is 386 g/mol. The van der Waals surface area contributed by atoms with Gasteiger partial charge in [0.2, 0.25) is 0 Å². The second-order valence-corrected chi connectivity index (χ2v) is 6.88. The second-order valence-electron chi connectivity index (χ2n) is 6.88. The Bertz CT molecular complexity index is 1240. The van der Waals surface area contributed by atoms with Crippen molar-refractivity contribution in [3.05, 3.63) is 93.8 Å². The number of fused-ring (bicyclic) bond motifs is 1. The van der Waals surface area contributed by atoms with Crippen molar-refractivity contribution < 1.29 is 9.72 Å². The third kappa shape index (κ3) is 3.70. The van der Waals surface area contributed by atoms with E-state index in [9.17, 15) is 14.9 Å². The fourth-order valence-electron chi connectivity index (χ4n) is 3.07. The van der Waals surface area contributed by atoms with Gasteiger partial charge in [0.1, 0.15) is 5.65 Å². The number of carbonyl (C=O) groups excluding carboxylic acids is 1. The number of nitro benzene ring substituents is 1. The minimum Gasteiger partial charge on any atom is -0.322 e. The Balaban J connectivity index is 1.62. The number of aryl methyl sites for hydroxylation is 2. The standard InChI is InChI=1S/C22H18N4O3/c1-14-9-10-25-13-20(23-21(25)11-14)17-4-3-15(2)19(12-17)24-22(27)16-5-7-18(8-6-16)26(28)29/h3-13H,1-2H3,(H,24,27). The van der Waals surface area contributed by atoms with Crippen molar-refractivity contribution in [2.75, 3.05) is 5.32 Å². The molecule has 1 amide bonds. The molecule has 7 heteroatoms. The topological polar surface area (TPSA) is 89.5 Å². The van der Waals surface area contributed by atoms with Crippen molar-refractivity contribution in [2.24, 2.45) is 0 Å². The quantitative estimate of drug-likeness (QED) is 0.404. The van der Waals surface area contributed by atoms with E-state index >= 15 is 0 Å². The number of imidazole rings is 1. The summed E-state index contributed by atoms with van der Waals surface area (Å²) in [6.45, 7) is 3.92. The number of pyridine rings is 1. The molecule has 2 aromatic carbocycles. The van der Waals surface area contributed by atoms with Gasteiger partial charge in [0.15, 0.2) is 0 Å². The van der Waals surface area contributed by atoms with E-state index in [2.05, 4.69) is 10.3 Å². The van der Waals surface area contributed by atoms with E-state index in [1.165, 1.54) is 24.3 Å². The molecule has 0 atom stereocenters. The number of hydrogen-bond acceptors (Lipinski definition) is 4. The van der Waals surface area contributed by atoms with Gasteiger partial charge < -0.3 is 9.72 Å². The summed E-state index contributed by atoms with van der Waals surface area (Å²) in [4.78, 5) is 27.5. The molecule has 2 aromatic heterocycles. The van der Waals surface area contributed by atoms with Crippen molar-refractivity contribution in [2.45, 2.75) is 13.8 Å². The van der Waals surface area contributed by atoms with Crippen molar-refractivity contribution >= 4 is 22.9 Å². The van der Waals surface area contributed by atoms with Crippen LogP contribution in [0, 0.1) is 24.0 Å². The summed E-state index contributed by atoms with van der Waals surface area (Å²) in [5.41, 5.74) is 5.55. The van der Waals surface area contributed by atoms with Crippen LogP contribution in [0.5, 0.6) is 0 Å². The summed E-state index contributed by atoms with van der Waals surface area (Å²) in [6, 6.07) is 15.3. The molecule has 144 valence electrons. The predicted molar refractivity (Wildman–Crippen MR) is 111 cm³/mol. The molecule has 0 spiro atoms. The molecule has 2 heterocycles. The lowest BCUT2D eigenvalue weighted by Crippen LogP contribution is -2.12. The number of hydrogen-bond donors (Lipinski definition) is 1. The van der Waals surface area contributed by atoms with Crippen molar-refractivity contribution in [1.82, 2.24) is 9.38 Å². The maximum Gasteiger partial charge on any atom is 0.269 e. The second kappa shape index (κ2) is 7.20. The molecule has 0 aliphatic heterocycles. The third-order valence-electron chi connectivity index (χ3n) is 4.74. The molecular formula is C22H18N4O3. The smallest absolute Gasteiger partial charge is 0.269 e. The van der Waals surface area contributed by atoms with Crippen LogP contribution in [0.2, 0.25) is 0 Å². The van der Waals surface area contributed by atoms with Gasteiger partial charge in [-0.25, -0.2) is 4.98 Å². The first-order valence-corrected chi connectivity index (χ1v) is 9.03. The SMILES string of the molecule is Cc1ccn2cc(-c3ccc(C)c(NC(=O)c4ccc([N+](=O)[O-])cc4)c3)nc2c1. The van der Waals surface area contributed by atoms with E-state index in [1.54, 1.807) is 0 Å². The molecule has 0 saturated heterocycles. The van der Waals surface area contributed by atoms with Crippen LogP contribution in [-0.2, 0) is 0 Å². The van der Waals surface area contributed by atoms with Crippen LogP contribution in [0.3, 0.4) is 0 Å². The van der Waals surface area contributed by atoms with Gasteiger partial charge >= 0.3 is 0 Å². The number of anilines is 1. The van der Waals surface area contributed by atoms with E-state index in [1.807, 2.05) is 61.0 Å². The zero-order chi connectivity index (χ0) is 20.5. The minimum atomic E-state index is -0.494. The average Bonchev–Trinajstić information content (AvgIpc) is 3.12. The zero-order valence-corrected chi connectivity index (χ0v) is 15.9. The Morgan fingerprint density at radius 3 is 2.55 bits per heavy atom. The predicted octanol–water partition coefficient (Wildman–Crippen LogP) is 4.78. The molecule has 1 N–H and O–H groups in total. The number of rotatable bonds is 4. The highest BCUT2D eigenvalue weighted by Gasteiger charge is 2.12. The Morgan fingerprint density at radius 1 is 1.07 bits per heavy atom. The lowest BCUT2D eigenvalue weighted by atomic mass is 10.1. The minimum absolute atomic E-state index is 0.0539. The Hall–Kier alpha value is -4.00. The van der Waals surface area contributed by atoms with Gasteiger partial charge in [-0.15, -0.1) is 0 Å². The Morgan fingerprint density at radius 2 is 1.83 bits per heavy atom. The molecule has 0 unspecified atom stereocenters. The van der Waals surface area contributed by atoms with E-state index in [0.717, 1.165) is 28.0 Å². The summed E-state index contributed by atoms with van der Waals surface area (Å²) in [5.74, 6) is -0.328. The molecule has 4 rings (SSSR count). The number of benzene rings is 2. The first-order chi connectivity index (χ1) is 13.9. The molecule has 0 fully saturated rings. The molecular weight excluding hydrogens is 368 g/mol. The first-order valence-electron chi connectivity index (χ1n) is 9.03. The lowest BCUT2D eigenvalue weighted by molar-refractivity contribution is -0.384. The number of nitrogens with zero attached hydrogens (tertiary/aromatic N) is 3. The van der Waals surface area contributed by atoms with Crippen molar-refractivity contribution in [3.63, 3.8) is 0 Å². The number of non-ortho nitro benzene ring substituents is 1. The maximum atomic E-state index is 12.6. The van der Waals surface area contributed by atoms with E-state index in [4.69, 9.17) is 0 Å². The number of carbonyl (C=O) groups is 1. The number of amides is 1. The van der Waals surface area contributed by atoms with E-state index < -0.39 is 4.92 Å². The third-order valence-corrected chi connectivity index (χ3v) is 4.74. The van der Waals surface area contributed by atoms with Gasteiger partial charge in [0, 0.05) is 41.3 Å². The number of nitro groups is 1. The van der Waals surface area contributed by atoms with Crippen molar-refractivity contribution in [1.29, 1.82) is 0 Å². The van der Waals surface area contributed by atoms with Gasteiger partial charge in [-0.05, 0) is 55.3 Å².